The van der Waals surface area contributed by atoms with Gasteiger partial charge in [-0.15, -0.1) is 0 Å². The minimum Gasteiger partial charge on any atom is -0.478 e. The van der Waals surface area contributed by atoms with Crippen LogP contribution in [0.3, 0.4) is 0 Å². The highest BCUT2D eigenvalue weighted by atomic mass is 16.4. The minimum absolute atomic E-state index is 0.152. The van der Waals surface area contributed by atoms with Gasteiger partial charge in [0.25, 0.3) is 0 Å². The zero-order valence-corrected chi connectivity index (χ0v) is 22.2. The molecule has 0 heterocycles. The molecule has 2 amide bonds. The summed E-state index contributed by atoms with van der Waals surface area (Å²) in [5.41, 5.74) is 0.688. The SMILES string of the molecule is CN[C@H](C(=O)N[C@H](C(=O)N(C)[C@H](/C=C(\C)C(=O)O)CC(C)C)C(C)C)C(C)(C)c1ccccc1. The molecule has 1 aromatic rings. The molecule has 3 N–H and O–H groups in total. The summed E-state index contributed by atoms with van der Waals surface area (Å²) < 4.78 is 0. The topological polar surface area (TPSA) is 98.7 Å². The van der Waals surface area contributed by atoms with Gasteiger partial charge in [-0.05, 0) is 37.8 Å². The molecular weight excluding hydrogens is 430 g/mol. The lowest BCUT2D eigenvalue weighted by Crippen LogP contribution is -2.59. The molecule has 1 aromatic carbocycles. The molecule has 0 aliphatic carbocycles. The van der Waals surface area contributed by atoms with Crippen molar-refractivity contribution >= 4 is 17.8 Å². The summed E-state index contributed by atoms with van der Waals surface area (Å²) in [7, 11) is 3.41. The Morgan fingerprint density at radius 1 is 1.09 bits per heavy atom. The molecule has 0 unspecified atom stereocenters. The van der Waals surface area contributed by atoms with Crippen molar-refractivity contribution in [3.05, 3.63) is 47.5 Å². The first-order valence-electron chi connectivity index (χ1n) is 12.0. The normalized spacial score (nSPS) is 15.1. The maximum absolute atomic E-state index is 13.5. The number of nitrogens with one attached hydrogen (secondary N) is 2. The van der Waals surface area contributed by atoms with Gasteiger partial charge >= 0.3 is 5.97 Å². The van der Waals surface area contributed by atoms with E-state index in [1.54, 1.807) is 25.1 Å². The Labute approximate surface area is 205 Å². The summed E-state index contributed by atoms with van der Waals surface area (Å²) in [5, 5.41) is 15.4. The second-order valence-electron chi connectivity index (χ2n) is 10.3. The monoisotopic (exact) mass is 473 g/mol. The molecule has 0 radical (unpaired) electrons. The van der Waals surface area contributed by atoms with E-state index in [1.165, 1.54) is 6.92 Å². The van der Waals surface area contributed by atoms with Crippen LogP contribution in [0.15, 0.2) is 42.0 Å². The van der Waals surface area contributed by atoms with Gasteiger partial charge in [0.15, 0.2) is 0 Å². The van der Waals surface area contributed by atoms with E-state index in [0.717, 1.165) is 5.56 Å². The number of aliphatic carboxylic acids is 1. The average Bonchev–Trinajstić information content (AvgIpc) is 2.76. The van der Waals surface area contributed by atoms with Gasteiger partial charge in [0.2, 0.25) is 11.8 Å². The Kier molecular flexibility index (Phi) is 11.0. The maximum atomic E-state index is 13.5. The lowest BCUT2D eigenvalue weighted by molar-refractivity contribution is -0.139. The van der Waals surface area contributed by atoms with Crippen LogP contribution in [0.1, 0.15) is 60.5 Å². The fourth-order valence-electron chi connectivity index (χ4n) is 4.17. The van der Waals surface area contributed by atoms with Crippen LogP contribution in [0.2, 0.25) is 0 Å². The first-order chi connectivity index (χ1) is 15.7. The number of likely N-dealkylation sites (N-methyl/N-ethyl adjacent to an activating group) is 2. The molecule has 0 fully saturated rings. The number of carbonyl (C=O) groups excluding carboxylic acids is 2. The Balaban J connectivity index is 3.20. The molecule has 7 heteroatoms. The standard InChI is InChI=1S/C27H43N3O4/c1-17(2)15-21(16-19(5)26(33)34)30(9)25(32)22(18(3)4)29-24(31)23(28-8)27(6,7)20-13-11-10-12-14-20/h10-14,16-18,21-23,28H,15H2,1-9H3,(H,29,31)(H,33,34)/b19-16+/t21-,22-,23+/m0/s1. The minimum atomic E-state index is -1.01. The third kappa shape index (κ3) is 7.69. The van der Waals surface area contributed by atoms with Gasteiger partial charge in [-0.2, -0.15) is 0 Å². The van der Waals surface area contributed by atoms with Crippen LogP contribution in [-0.2, 0) is 19.8 Å². The van der Waals surface area contributed by atoms with Crippen molar-refractivity contribution in [2.45, 2.75) is 78.4 Å². The van der Waals surface area contributed by atoms with Crippen LogP contribution in [0.4, 0.5) is 0 Å². The lowest BCUT2D eigenvalue weighted by atomic mass is 9.77. The van der Waals surface area contributed by atoms with Gasteiger partial charge < -0.3 is 20.6 Å². The summed E-state index contributed by atoms with van der Waals surface area (Å²) in [6.45, 7) is 13.4. The number of benzene rings is 1. The smallest absolute Gasteiger partial charge is 0.331 e. The van der Waals surface area contributed by atoms with E-state index in [4.69, 9.17) is 0 Å². The average molecular weight is 474 g/mol. The first-order valence-corrected chi connectivity index (χ1v) is 12.0. The number of rotatable bonds is 12. The molecule has 0 aromatic heterocycles. The highest BCUT2D eigenvalue weighted by molar-refractivity contribution is 5.91. The van der Waals surface area contributed by atoms with Crippen LogP contribution < -0.4 is 10.6 Å². The van der Waals surface area contributed by atoms with Crippen LogP contribution in [0, 0.1) is 11.8 Å². The highest BCUT2D eigenvalue weighted by Gasteiger charge is 2.38. The summed E-state index contributed by atoms with van der Waals surface area (Å²) in [5.74, 6) is -1.40. The number of carboxylic acids is 1. The predicted octanol–water partition coefficient (Wildman–Crippen LogP) is 3.60. The molecule has 0 saturated heterocycles. The van der Waals surface area contributed by atoms with Crippen molar-refractivity contribution < 1.29 is 19.5 Å². The number of carbonyl (C=O) groups is 3. The van der Waals surface area contributed by atoms with Gasteiger partial charge in [0.1, 0.15) is 6.04 Å². The van der Waals surface area contributed by atoms with E-state index in [0.29, 0.717) is 6.42 Å². The Morgan fingerprint density at radius 3 is 2.09 bits per heavy atom. The zero-order chi connectivity index (χ0) is 26.2. The van der Waals surface area contributed by atoms with Crippen molar-refractivity contribution in [3.8, 4) is 0 Å². The summed E-state index contributed by atoms with van der Waals surface area (Å²) in [6, 6.07) is 8.11. The fourth-order valence-corrected chi connectivity index (χ4v) is 4.17. The van der Waals surface area contributed by atoms with Gasteiger partial charge in [0, 0.05) is 18.0 Å². The van der Waals surface area contributed by atoms with Crippen LogP contribution in [-0.4, -0.2) is 60.0 Å². The van der Waals surface area contributed by atoms with Crippen LogP contribution in [0.25, 0.3) is 0 Å². The lowest BCUT2D eigenvalue weighted by Gasteiger charge is -2.37. The molecule has 1 rings (SSSR count). The number of carboxylic acid groups (broad SMARTS) is 1. The fraction of sp³-hybridized carbons (Fsp3) is 0.593. The van der Waals surface area contributed by atoms with Crippen molar-refractivity contribution in [1.82, 2.24) is 15.5 Å². The third-order valence-electron chi connectivity index (χ3n) is 6.36. The van der Waals surface area contributed by atoms with E-state index in [-0.39, 0.29) is 35.3 Å². The van der Waals surface area contributed by atoms with Crippen molar-refractivity contribution in [2.24, 2.45) is 11.8 Å². The number of amides is 2. The van der Waals surface area contributed by atoms with Crippen LogP contribution in [0.5, 0.6) is 0 Å². The molecule has 190 valence electrons. The van der Waals surface area contributed by atoms with Gasteiger partial charge in [-0.3, -0.25) is 9.59 Å². The molecule has 0 saturated carbocycles. The van der Waals surface area contributed by atoms with Crippen LogP contribution >= 0.6 is 0 Å². The number of hydrogen-bond acceptors (Lipinski definition) is 4. The maximum Gasteiger partial charge on any atom is 0.331 e. The molecular formula is C27H43N3O4. The molecule has 3 atom stereocenters. The highest BCUT2D eigenvalue weighted by Crippen LogP contribution is 2.27. The van der Waals surface area contributed by atoms with Gasteiger partial charge in [-0.25, -0.2) is 4.79 Å². The van der Waals surface area contributed by atoms with E-state index in [1.807, 2.05) is 71.9 Å². The van der Waals surface area contributed by atoms with E-state index in [9.17, 15) is 19.5 Å². The number of nitrogens with zero attached hydrogens (tertiary/aromatic N) is 1. The molecule has 0 spiro atoms. The molecule has 0 aliphatic rings. The van der Waals surface area contributed by atoms with E-state index in [2.05, 4.69) is 10.6 Å². The molecule has 7 nitrogen and oxygen atoms in total. The number of hydrogen-bond donors (Lipinski definition) is 3. The Bertz CT molecular complexity index is 862. The summed E-state index contributed by atoms with van der Waals surface area (Å²) in [6.07, 6.45) is 2.24. The molecule has 0 aliphatic heterocycles. The summed E-state index contributed by atoms with van der Waals surface area (Å²) >= 11 is 0. The third-order valence-corrected chi connectivity index (χ3v) is 6.36. The van der Waals surface area contributed by atoms with Crippen molar-refractivity contribution in [1.29, 1.82) is 0 Å². The quantitative estimate of drug-likeness (QED) is 0.403. The molecule has 0 bridgehead atoms. The largest absolute Gasteiger partial charge is 0.478 e. The Morgan fingerprint density at radius 2 is 1.65 bits per heavy atom. The Hall–Kier alpha value is -2.67. The molecule has 34 heavy (non-hydrogen) atoms. The van der Waals surface area contributed by atoms with Gasteiger partial charge in [0.05, 0.1) is 12.1 Å². The zero-order valence-electron chi connectivity index (χ0n) is 22.2. The van der Waals surface area contributed by atoms with E-state index < -0.39 is 23.5 Å². The van der Waals surface area contributed by atoms with Crippen molar-refractivity contribution in [2.75, 3.05) is 14.1 Å². The van der Waals surface area contributed by atoms with Gasteiger partial charge in [-0.1, -0.05) is 78.0 Å². The summed E-state index contributed by atoms with van der Waals surface area (Å²) in [4.78, 5) is 39.9. The van der Waals surface area contributed by atoms with Crippen molar-refractivity contribution in [3.63, 3.8) is 0 Å². The second kappa shape index (κ2) is 12.7. The predicted molar refractivity (Wildman–Crippen MR) is 136 cm³/mol. The second-order valence-corrected chi connectivity index (χ2v) is 10.3. The van der Waals surface area contributed by atoms with E-state index >= 15 is 0 Å². The first kappa shape index (κ1) is 29.4.